The molecule has 0 atom stereocenters. The highest BCUT2D eigenvalue weighted by Crippen LogP contribution is 2.27. The first kappa shape index (κ1) is 18.6. The summed E-state index contributed by atoms with van der Waals surface area (Å²) < 4.78 is 19.5. The van der Waals surface area contributed by atoms with E-state index in [1.807, 2.05) is 36.9 Å². The fourth-order valence-electron chi connectivity index (χ4n) is 3.49. The minimum Gasteiger partial charge on any atom is -0.468 e. The average Bonchev–Trinajstić information content (AvgIpc) is 3.12. The van der Waals surface area contributed by atoms with Crippen LogP contribution in [-0.2, 0) is 11.3 Å². The van der Waals surface area contributed by atoms with Gasteiger partial charge >= 0.3 is 0 Å². The minimum atomic E-state index is -0.265. The molecule has 4 nitrogen and oxygen atoms in total. The number of piperidine rings is 1. The lowest BCUT2D eigenvalue weighted by Gasteiger charge is -2.39. The number of carbonyl (C=O) groups excluding carboxylic acids is 1. The second-order valence-electron chi connectivity index (χ2n) is 7.38. The Kier molecular flexibility index (Phi) is 5.77. The summed E-state index contributed by atoms with van der Waals surface area (Å²) in [5.41, 5.74) is 1.26. The van der Waals surface area contributed by atoms with Gasteiger partial charge in [0.15, 0.2) is 0 Å². The zero-order valence-electron chi connectivity index (χ0n) is 15.7. The largest absolute Gasteiger partial charge is 0.468 e. The number of benzene rings is 1. The van der Waals surface area contributed by atoms with Crippen LogP contribution in [0.15, 0.2) is 41.0 Å². The average molecular weight is 358 g/mol. The number of anilines is 1. The predicted octanol–water partition coefficient (Wildman–Crippen LogP) is 4.38. The van der Waals surface area contributed by atoms with Gasteiger partial charge in [0.05, 0.1) is 12.8 Å². The molecule has 1 amide bonds. The number of likely N-dealkylation sites (tertiary alicyclic amines) is 1. The number of amides is 1. The first-order chi connectivity index (χ1) is 12.5. The summed E-state index contributed by atoms with van der Waals surface area (Å²) >= 11 is 0. The van der Waals surface area contributed by atoms with Crippen LogP contribution in [0.4, 0.5) is 10.1 Å². The lowest BCUT2D eigenvalue weighted by Crippen LogP contribution is -2.48. The van der Waals surface area contributed by atoms with Gasteiger partial charge in [-0.3, -0.25) is 9.69 Å². The Morgan fingerprint density at radius 1 is 1.31 bits per heavy atom. The molecule has 140 valence electrons. The maximum Gasteiger partial charge on any atom is 0.229 e. The third-order valence-electron chi connectivity index (χ3n) is 5.05. The second kappa shape index (κ2) is 8.04. The van der Waals surface area contributed by atoms with Crippen molar-refractivity contribution < 1.29 is 13.6 Å². The summed E-state index contributed by atoms with van der Waals surface area (Å²) in [7, 11) is 0. The molecule has 0 saturated carbocycles. The fraction of sp³-hybridized carbons (Fsp3) is 0.476. The van der Waals surface area contributed by atoms with E-state index in [2.05, 4.69) is 4.90 Å². The third-order valence-corrected chi connectivity index (χ3v) is 5.05. The van der Waals surface area contributed by atoms with Crippen molar-refractivity contribution in [2.45, 2.75) is 46.2 Å². The molecule has 3 rings (SSSR count). The standard InChI is InChI=1S/C21H27FN2O2/c1-15(2)21(25)24(18-7-6-16(3)20(22)13-18)17-8-10-23(11-9-17)14-19-5-4-12-26-19/h4-7,12-13,15,17H,8-11,14H2,1-3H3. The third kappa shape index (κ3) is 4.15. The zero-order chi connectivity index (χ0) is 18.7. The molecule has 5 heteroatoms. The fourth-order valence-corrected chi connectivity index (χ4v) is 3.49. The molecule has 2 aromatic rings. The Hall–Kier alpha value is -2.14. The van der Waals surface area contributed by atoms with Crippen LogP contribution in [0, 0.1) is 18.7 Å². The molecule has 1 saturated heterocycles. The predicted molar refractivity (Wildman–Crippen MR) is 100 cm³/mol. The van der Waals surface area contributed by atoms with Crippen molar-refractivity contribution in [3.05, 3.63) is 53.7 Å². The summed E-state index contributed by atoms with van der Waals surface area (Å²) in [6.07, 6.45) is 3.43. The van der Waals surface area contributed by atoms with Crippen molar-refractivity contribution in [2.75, 3.05) is 18.0 Å². The van der Waals surface area contributed by atoms with Gasteiger partial charge in [-0.2, -0.15) is 0 Å². The van der Waals surface area contributed by atoms with Crippen molar-refractivity contribution in [3.8, 4) is 0 Å². The molecule has 2 heterocycles. The van der Waals surface area contributed by atoms with E-state index in [0.29, 0.717) is 11.3 Å². The van der Waals surface area contributed by atoms with Crippen molar-refractivity contribution >= 4 is 11.6 Å². The molecule has 0 bridgehead atoms. The van der Waals surface area contributed by atoms with Crippen LogP contribution >= 0.6 is 0 Å². The maximum absolute atomic E-state index is 14.1. The van der Waals surface area contributed by atoms with Gasteiger partial charge in [0.25, 0.3) is 0 Å². The number of hydrogen-bond donors (Lipinski definition) is 0. The number of aryl methyl sites for hydroxylation is 1. The molecule has 1 aromatic carbocycles. The monoisotopic (exact) mass is 358 g/mol. The Morgan fingerprint density at radius 2 is 2.04 bits per heavy atom. The number of furan rings is 1. The van der Waals surface area contributed by atoms with Crippen molar-refractivity contribution in [1.82, 2.24) is 4.90 Å². The zero-order valence-corrected chi connectivity index (χ0v) is 15.7. The Morgan fingerprint density at radius 3 is 2.62 bits per heavy atom. The van der Waals surface area contributed by atoms with E-state index in [4.69, 9.17) is 4.42 Å². The second-order valence-corrected chi connectivity index (χ2v) is 7.38. The number of halogens is 1. The molecular weight excluding hydrogens is 331 g/mol. The highest BCUT2D eigenvalue weighted by Gasteiger charge is 2.30. The first-order valence-electron chi connectivity index (χ1n) is 9.29. The first-order valence-corrected chi connectivity index (χ1v) is 9.29. The van der Waals surface area contributed by atoms with Crippen LogP contribution in [0.25, 0.3) is 0 Å². The molecule has 0 unspecified atom stereocenters. The maximum atomic E-state index is 14.1. The number of nitrogens with zero attached hydrogens (tertiary/aromatic N) is 2. The van der Waals surface area contributed by atoms with E-state index in [-0.39, 0.29) is 23.7 Å². The quantitative estimate of drug-likeness (QED) is 0.796. The van der Waals surface area contributed by atoms with Gasteiger partial charge in [-0.25, -0.2) is 4.39 Å². The van der Waals surface area contributed by atoms with E-state index >= 15 is 0 Å². The van der Waals surface area contributed by atoms with Gasteiger partial charge in [0.2, 0.25) is 5.91 Å². The Labute approximate surface area is 154 Å². The summed E-state index contributed by atoms with van der Waals surface area (Å²) in [5.74, 6) is 0.622. The summed E-state index contributed by atoms with van der Waals surface area (Å²) in [4.78, 5) is 17.0. The molecule has 26 heavy (non-hydrogen) atoms. The Bertz CT molecular complexity index is 734. The topological polar surface area (TPSA) is 36.7 Å². The van der Waals surface area contributed by atoms with E-state index in [1.165, 1.54) is 6.07 Å². The summed E-state index contributed by atoms with van der Waals surface area (Å²) in [6.45, 7) is 8.10. The molecular formula is C21H27FN2O2. The van der Waals surface area contributed by atoms with Crippen molar-refractivity contribution in [1.29, 1.82) is 0 Å². The van der Waals surface area contributed by atoms with Gasteiger partial charge in [0.1, 0.15) is 11.6 Å². The van der Waals surface area contributed by atoms with Gasteiger partial charge in [-0.1, -0.05) is 19.9 Å². The number of carbonyl (C=O) groups is 1. The summed E-state index contributed by atoms with van der Waals surface area (Å²) in [5, 5.41) is 0. The smallest absolute Gasteiger partial charge is 0.229 e. The molecule has 0 spiro atoms. The van der Waals surface area contributed by atoms with Crippen LogP contribution in [0.2, 0.25) is 0 Å². The lowest BCUT2D eigenvalue weighted by molar-refractivity contribution is -0.122. The van der Waals surface area contributed by atoms with Crippen molar-refractivity contribution in [2.24, 2.45) is 5.92 Å². The molecule has 1 fully saturated rings. The molecule has 1 aliphatic rings. The number of hydrogen-bond acceptors (Lipinski definition) is 3. The van der Waals surface area contributed by atoms with Gasteiger partial charge in [-0.05, 0) is 49.6 Å². The molecule has 1 aliphatic heterocycles. The van der Waals surface area contributed by atoms with Crippen LogP contribution in [0.3, 0.4) is 0 Å². The highest BCUT2D eigenvalue weighted by molar-refractivity contribution is 5.95. The van der Waals surface area contributed by atoms with Crippen LogP contribution < -0.4 is 4.90 Å². The van der Waals surface area contributed by atoms with Crippen molar-refractivity contribution in [3.63, 3.8) is 0 Å². The summed E-state index contributed by atoms with van der Waals surface area (Å²) in [6, 6.07) is 9.07. The molecule has 0 radical (unpaired) electrons. The van der Waals surface area contributed by atoms with Crippen LogP contribution in [-0.4, -0.2) is 29.9 Å². The van der Waals surface area contributed by atoms with Gasteiger partial charge in [-0.15, -0.1) is 0 Å². The van der Waals surface area contributed by atoms with Gasteiger partial charge < -0.3 is 9.32 Å². The SMILES string of the molecule is Cc1ccc(N(C(=O)C(C)C)C2CCN(Cc3ccco3)CC2)cc1F. The van der Waals surface area contributed by atoms with E-state index in [0.717, 1.165) is 38.2 Å². The molecule has 0 aliphatic carbocycles. The lowest BCUT2D eigenvalue weighted by atomic mass is 9.99. The van der Waals surface area contributed by atoms with E-state index < -0.39 is 0 Å². The number of rotatable bonds is 5. The van der Waals surface area contributed by atoms with Crippen LogP contribution in [0.5, 0.6) is 0 Å². The minimum absolute atomic E-state index is 0.0535. The normalized spacial score (nSPS) is 16.2. The highest BCUT2D eigenvalue weighted by atomic mass is 19.1. The van der Waals surface area contributed by atoms with E-state index in [1.54, 1.807) is 19.3 Å². The van der Waals surface area contributed by atoms with Gasteiger partial charge in [0, 0.05) is 30.7 Å². The van der Waals surface area contributed by atoms with E-state index in [9.17, 15) is 9.18 Å². The molecule has 1 aromatic heterocycles. The Balaban J connectivity index is 1.73. The molecule has 0 N–H and O–H groups in total. The van der Waals surface area contributed by atoms with Crippen LogP contribution in [0.1, 0.15) is 38.0 Å².